The molecule has 0 radical (unpaired) electrons. The zero-order chi connectivity index (χ0) is 18.1. The Kier molecular flexibility index (Phi) is 4.21. The third-order valence-electron chi connectivity index (χ3n) is 4.23. The second kappa shape index (κ2) is 6.68. The number of halogens is 1. The van der Waals surface area contributed by atoms with Gasteiger partial charge in [0, 0.05) is 19.3 Å². The van der Waals surface area contributed by atoms with E-state index in [0.717, 1.165) is 30.1 Å². The van der Waals surface area contributed by atoms with Crippen LogP contribution in [-0.4, -0.2) is 38.8 Å². The molecule has 0 spiro atoms. The first-order chi connectivity index (χ1) is 12.6. The summed E-state index contributed by atoms with van der Waals surface area (Å²) in [6, 6.07) is 5.25. The topological polar surface area (TPSA) is 102 Å². The molecule has 2 aromatic heterocycles. The Morgan fingerprint density at radius 1 is 1.38 bits per heavy atom. The maximum Gasteiger partial charge on any atom is 0.334 e. The minimum atomic E-state index is -0.697. The first-order valence-corrected chi connectivity index (χ1v) is 8.25. The molecule has 2 N–H and O–H groups in total. The highest BCUT2D eigenvalue weighted by molar-refractivity contribution is 5.73. The van der Waals surface area contributed by atoms with Gasteiger partial charge in [-0.15, -0.1) is 0 Å². The van der Waals surface area contributed by atoms with Gasteiger partial charge in [0.05, 0.1) is 11.8 Å². The average Bonchev–Trinajstić information content (AvgIpc) is 3.13. The van der Waals surface area contributed by atoms with Gasteiger partial charge >= 0.3 is 5.69 Å². The van der Waals surface area contributed by atoms with Crippen molar-refractivity contribution in [2.24, 2.45) is 0 Å². The molecule has 0 bridgehead atoms. The zero-order valence-electron chi connectivity index (χ0n) is 13.7. The number of fused-ring (bicyclic) bond motifs is 1. The van der Waals surface area contributed by atoms with E-state index in [1.54, 1.807) is 0 Å². The number of hydrogen-bond donors (Lipinski definition) is 2. The maximum atomic E-state index is 13.4. The summed E-state index contributed by atoms with van der Waals surface area (Å²) in [7, 11) is 0. The number of nitrogens with zero attached hydrogens (tertiary/aromatic N) is 3. The SMILES string of the molecule is O=c1[nH]c2nc(NCC3CCCO3)ncc2c(=O)n1-c1cccc(F)c1. The fourth-order valence-corrected chi connectivity index (χ4v) is 2.95. The van der Waals surface area contributed by atoms with E-state index in [4.69, 9.17) is 4.74 Å². The Balaban J connectivity index is 1.71. The lowest BCUT2D eigenvalue weighted by molar-refractivity contribution is 0.120. The number of benzene rings is 1. The molecule has 1 unspecified atom stereocenters. The van der Waals surface area contributed by atoms with Crippen molar-refractivity contribution in [2.75, 3.05) is 18.5 Å². The summed E-state index contributed by atoms with van der Waals surface area (Å²) in [6.45, 7) is 1.30. The molecule has 26 heavy (non-hydrogen) atoms. The number of anilines is 1. The van der Waals surface area contributed by atoms with Gasteiger partial charge in [0.25, 0.3) is 5.56 Å². The van der Waals surface area contributed by atoms with Crippen LogP contribution in [0.15, 0.2) is 40.1 Å². The van der Waals surface area contributed by atoms with Crippen molar-refractivity contribution in [3.8, 4) is 5.69 Å². The van der Waals surface area contributed by atoms with Gasteiger partial charge in [0.15, 0.2) is 5.65 Å². The molecule has 0 saturated carbocycles. The normalized spacial score (nSPS) is 16.9. The highest BCUT2D eigenvalue weighted by atomic mass is 19.1. The number of rotatable bonds is 4. The monoisotopic (exact) mass is 357 g/mol. The quantitative estimate of drug-likeness (QED) is 0.727. The maximum absolute atomic E-state index is 13.4. The summed E-state index contributed by atoms with van der Waals surface area (Å²) in [5.41, 5.74) is -1.05. The van der Waals surface area contributed by atoms with E-state index in [1.165, 1.54) is 24.4 Å². The fraction of sp³-hybridized carbons (Fsp3) is 0.294. The van der Waals surface area contributed by atoms with E-state index in [-0.39, 0.29) is 22.8 Å². The van der Waals surface area contributed by atoms with E-state index >= 15 is 0 Å². The van der Waals surface area contributed by atoms with Crippen LogP contribution in [0.3, 0.4) is 0 Å². The molecule has 4 rings (SSSR count). The Morgan fingerprint density at radius 3 is 3.04 bits per heavy atom. The highest BCUT2D eigenvalue weighted by Gasteiger charge is 2.16. The molecule has 1 saturated heterocycles. The van der Waals surface area contributed by atoms with Crippen LogP contribution in [0.1, 0.15) is 12.8 Å². The molecule has 9 heteroatoms. The van der Waals surface area contributed by atoms with Crippen molar-refractivity contribution in [2.45, 2.75) is 18.9 Å². The Hall–Kier alpha value is -3.07. The van der Waals surface area contributed by atoms with Crippen LogP contribution in [0.2, 0.25) is 0 Å². The number of hydrogen-bond acceptors (Lipinski definition) is 6. The number of H-pyrrole nitrogens is 1. The van der Waals surface area contributed by atoms with E-state index in [9.17, 15) is 14.0 Å². The van der Waals surface area contributed by atoms with Crippen molar-refractivity contribution >= 4 is 17.0 Å². The average molecular weight is 357 g/mol. The second-order valence-electron chi connectivity index (χ2n) is 6.02. The first-order valence-electron chi connectivity index (χ1n) is 8.25. The molecular formula is C17H16FN5O3. The van der Waals surface area contributed by atoms with Gasteiger partial charge in [-0.25, -0.2) is 18.7 Å². The van der Waals surface area contributed by atoms with Gasteiger partial charge in [0.2, 0.25) is 5.95 Å². The predicted octanol–water partition coefficient (Wildman–Crippen LogP) is 1.20. The second-order valence-corrected chi connectivity index (χ2v) is 6.02. The van der Waals surface area contributed by atoms with Gasteiger partial charge in [-0.2, -0.15) is 4.98 Å². The summed E-state index contributed by atoms with van der Waals surface area (Å²) >= 11 is 0. The molecule has 1 aliphatic heterocycles. The third-order valence-corrected chi connectivity index (χ3v) is 4.23. The summed E-state index contributed by atoms with van der Waals surface area (Å²) in [4.78, 5) is 35.8. The molecule has 8 nitrogen and oxygen atoms in total. The minimum absolute atomic E-state index is 0.106. The fourth-order valence-electron chi connectivity index (χ4n) is 2.95. The zero-order valence-corrected chi connectivity index (χ0v) is 13.7. The lowest BCUT2D eigenvalue weighted by Crippen LogP contribution is -2.34. The Bertz CT molecular complexity index is 1070. The van der Waals surface area contributed by atoms with Gasteiger partial charge in [-0.1, -0.05) is 6.07 Å². The van der Waals surface area contributed by atoms with Crippen molar-refractivity contribution in [1.82, 2.24) is 19.5 Å². The van der Waals surface area contributed by atoms with Crippen LogP contribution in [0, 0.1) is 5.82 Å². The van der Waals surface area contributed by atoms with Crippen LogP contribution >= 0.6 is 0 Å². The number of aromatic amines is 1. The highest BCUT2D eigenvalue weighted by Crippen LogP contribution is 2.13. The third kappa shape index (κ3) is 3.08. The van der Waals surface area contributed by atoms with Crippen LogP contribution in [0.4, 0.5) is 10.3 Å². The minimum Gasteiger partial charge on any atom is -0.376 e. The lowest BCUT2D eigenvalue weighted by atomic mass is 10.2. The van der Waals surface area contributed by atoms with Crippen molar-refractivity contribution in [3.63, 3.8) is 0 Å². The van der Waals surface area contributed by atoms with Crippen LogP contribution in [-0.2, 0) is 4.74 Å². The smallest absolute Gasteiger partial charge is 0.334 e. The molecule has 0 amide bonds. The molecule has 134 valence electrons. The molecule has 1 fully saturated rings. The number of ether oxygens (including phenoxy) is 1. The summed E-state index contributed by atoms with van der Waals surface area (Å²) in [5, 5.41) is 3.18. The van der Waals surface area contributed by atoms with Gasteiger partial charge in [-0.05, 0) is 31.0 Å². The Labute approximate surface area is 146 Å². The van der Waals surface area contributed by atoms with E-state index in [1.807, 2.05) is 0 Å². The molecule has 1 aromatic carbocycles. The summed E-state index contributed by atoms with van der Waals surface area (Å²) in [6.07, 6.45) is 3.44. The van der Waals surface area contributed by atoms with E-state index in [0.29, 0.717) is 12.5 Å². The molecule has 1 aliphatic rings. The summed E-state index contributed by atoms with van der Waals surface area (Å²) < 4.78 is 19.8. The molecule has 3 aromatic rings. The molecule has 3 heterocycles. The number of nitrogens with one attached hydrogen (secondary N) is 2. The molecular weight excluding hydrogens is 341 g/mol. The van der Waals surface area contributed by atoms with Gasteiger partial charge < -0.3 is 10.1 Å². The van der Waals surface area contributed by atoms with Gasteiger partial charge in [-0.3, -0.25) is 9.78 Å². The Morgan fingerprint density at radius 2 is 2.27 bits per heavy atom. The lowest BCUT2D eigenvalue weighted by Gasteiger charge is -2.11. The van der Waals surface area contributed by atoms with Crippen LogP contribution < -0.4 is 16.6 Å². The van der Waals surface area contributed by atoms with E-state index < -0.39 is 17.1 Å². The van der Waals surface area contributed by atoms with Crippen LogP contribution in [0.5, 0.6) is 0 Å². The van der Waals surface area contributed by atoms with Crippen molar-refractivity contribution < 1.29 is 9.13 Å². The van der Waals surface area contributed by atoms with E-state index in [2.05, 4.69) is 20.3 Å². The standard InChI is InChI=1S/C17H16FN5O3/c18-10-3-1-4-11(7-10)23-15(24)13-9-20-16(21-14(13)22-17(23)25)19-8-12-5-2-6-26-12/h1,3-4,7,9,12H,2,5-6,8H2,(H2,19,20,21,22,25). The van der Waals surface area contributed by atoms with Crippen molar-refractivity contribution in [1.29, 1.82) is 0 Å². The summed E-state index contributed by atoms with van der Waals surface area (Å²) in [5.74, 6) is -0.245. The predicted molar refractivity (Wildman–Crippen MR) is 93.2 cm³/mol. The van der Waals surface area contributed by atoms with Gasteiger partial charge in [0.1, 0.15) is 11.2 Å². The van der Waals surface area contributed by atoms with Crippen molar-refractivity contribution in [3.05, 3.63) is 57.1 Å². The molecule has 1 atom stereocenters. The number of aromatic nitrogens is 4. The van der Waals surface area contributed by atoms with Crippen LogP contribution in [0.25, 0.3) is 16.7 Å². The largest absolute Gasteiger partial charge is 0.376 e. The first kappa shape index (κ1) is 16.4. The molecule has 0 aliphatic carbocycles.